The maximum Gasteiger partial charge on any atom is 0.0592 e. The van der Waals surface area contributed by atoms with Crippen molar-refractivity contribution >= 4 is 15.9 Å². The van der Waals surface area contributed by atoms with E-state index >= 15 is 0 Å². The Labute approximate surface area is 81.6 Å². The van der Waals surface area contributed by atoms with Gasteiger partial charge >= 0.3 is 0 Å². The van der Waals surface area contributed by atoms with Crippen LogP contribution in [0.5, 0.6) is 0 Å². The molecule has 0 aliphatic carbocycles. The van der Waals surface area contributed by atoms with Crippen LogP contribution in [-0.2, 0) is 6.42 Å². The zero-order chi connectivity index (χ0) is 9.03. The summed E-state index contributed by atoms with van der Waals surface area (Å²) in [6.45, 7) is 4.41. The van der Waals surface area contributed by atoms with Crippen molar-refractivity contribution in [2.45, 2.75) is 20.3 Å². The van der Waals surface area contributed by atoms with Crippen LogP contribution >= 0.6 is 15.9 Å². The van der Waals surface area contributed by atoms with Crippen molar-refractivity contribution in [3.8, 4) is 0 Å². The Morgan fingerprint density at radius 1 is 1.42 bits per heavy atom. The highest BCUT2D eigenvalue weighted by molar-refractivity contribution is 9.09. The second-order valence-corrected chi connectivity index (χ2v) is 4.23. The van der Waals surface area contributed by atoms with Gasteiger partial charge < -0.3 is 0 Å². The third-order valence-electron chi connectivity index (χ3n) is 1.64. The minimum Gasteiger partial charge on any atom is -0.261 e. The summed E-state index contributed by atoms with van der Waals surface area (Å²) in [5.41, 5.74) is 1.32. The molecule has 0 fully saturated rings. The van der Waals surface area contributed by atoms with Crippen LogP contribution < -0.4 is 0 Å². The number of alkyl halides is 1. The Morgan fingerprint density at radius 3 is 2.67 bits per heavy atom. The van der Waals surface area contributed by atoms with Crippen LogP contribution in [0.4, 0.5) is 0 Å². The maximum absolute atomic E-state index is 4.23. The molecule has 0 saturated carbocycles. The van der Waals surface area contributed by atoms with Crippen LogP contribution in [0.1, 0.15) is 19.5 Å². The smallest absolute Gasteiger partial charge is 0.0592 e. The lowest BCUT2D eigenvalue weighted by Crippen LogP contribution is -2.17. The fourth-order valence-corrected chi connectivity index (χ4v) is 1.16. The van der Waals surface area contributed by atoms with Crippen LogP contribution in [0.15, 0.2) is 18.6 Å². The molecule has 0 aliphatic heterocycles. The molecule has 0 bridgehead atoms. The predicted molar refractivity (Wildman–Crippen MR) is 53.3 cm³/mol. The van der Waals surface area contributed by atoms with Crippen molar-refractivity contribution in [1.29, 1.82) is 0 Å². The number of hydrogen-bond acceptors (Lipinski definition) is 2. The summed E-state index contributed by atoms with van der Waals surface area (Å²) < 4.78 is 0. The zero-order valence-electron chi connectivity index (χ0n) is 7.42. The van der Waals surface area contributed by atoms with Gasteiger partial charge in [0, 0.05) is 23.9 Å². The highest BCUT2D eigenvalue weighted by Crippen LogP contribution is 2.22. The van der Waals surface area contributed by atoms with Gasteiger partial charge in [0.2, 0.25) is 0 Å². The summed E-state index contributed by atoms with van der Waals surface area (Å²) in [6, 6.07) is 0. The first-order valence-electron chi connectivity index (χ1n) is 3.95. The lowest BCUT2D eigenvalue weighted by Gasteiger charge is -2.20. The molecule has 1 aromatic heterocycles. The maximum atomic E-state index is 4.23. The van der Waals surface area contributed by atoms with Crippen molar-refractivity contribution in [2.24, 2.45) is 5.41 Å². The zero-order valence-corrected chi connectivity index (χ0v) is 9.00. The van der Waals surface area contributed by atoms with E-state index in [1.807, 2.05) is 6.20 Å². The first kappa shape index (κ1) is 9.65. The van der Waals surface area contributed by atoms with Gasteiger partial charge in [0.05, 0.1) is 5.69 Å². The summed E-state index contributed by atoms with van der Waals surface area (Å²) in [5, 5.41) is 0.983. The van der Waals surface area contributed by atoms with Gasteiger partial charge in [-0.1, -0.05) is 29.8 Å². The van der Waals surface area contributed by atoms with E-state index in [2.05, 4.69) is 39.7 Å². The molecule has 0 amide bonds. The van der Waals surface area contributed by atoms with Gasteiger partial charge in [0.15, 0.2) is 0 Å². The van der Waals surface area contributed by atoms with Crippen molar-refractivity contribution in [3.63, 3.8) is 0 Å². The number of halogens is 1. The average molecular weight is 229 g/mol. The van der Waals surface area contributed by atoms with Crippen LogP contribution in [0.25, 0.3) is 0 Å². The van der Waals surface area contributed by atoms with Gasteiger partial charge in [0.1, 0.15) is 0 Å². The SMILES string of the molecule is CC(C)(CBr)Cc1cnccn1. The first-order chi connectivity index (χ1) is 5.64. The third-order valence-corrected chi connectivity index (χ3v) is 3.16. The molecule has 12 heavy (non-hydrogen) atoms. The second-order valence-electron chi connectivity index (χ2n) is 3.67. The molecule has 0 N–H and O–H groups in total. The quantitative estimate of drug-likeness (QED) is 0.744. The second kappa shape index (κ2) is 3.99. The molecular weight excluding hydrogens is 216 g/mol. The molecule has 0 atom stereocenters. The third kappa shape index (κ3) is 2.89. The Kier molecular flexibility index (Phi) is 3.20. The summed E-state index contributed by atoms with van der Waals surface area (Å²) >= 11 is 3.48. The average Bonchev–Trinajstić information content (AvgIpc) is 2.06. The Hall–Kier alpha value is -0.440. The van der Waals surface area contributed by atoms with E-state index < -0.39 is 0 Å². The van der Waals surface area contributed by atoms with E-state index in [4.69, 9.17) is 0 Å². The van der Waals surface area contributed by atoms with Gasteiger partial charge in [0.25, 0.3) is 0 Å². The van der Waals surface area contributed by atoms with Gasteiger partial charge in [-0.15, -0.1) is 0 Å². The molecule has 0 aliphatic rings. The molecule has 1 rings (SSSR count). The number of rotatable bonds is 3. The summed E-state index contributed by atoms with van der Waals surface area (Å²) in [5.74, 6) is 0. The van der Waals surface area contributed by atoms with Crippen LogP contribution in [0, 0.1) is 5.41 Å². The molecule has 1 aromatic rings. The normalized spacial score (nSPS) is 11.6. The van der Waals surface area contributed by atoms with Crippen molar-refractivity contribution < 1.29 is 0 Å². The topological polar surface area (TPSA) is 25.8 Å². The van der Waals surface area contributed by atoms with Crippen molar-refractivity contribution in [2.75, 3.05) is 5.33 Å². The van der Waals surface area contributed by atoms with E-state index in [1.165, 1.54) is 0 Å². The highest BCUT2D eigenvalue weighted by Gasteiger charge is 2.17. The number of aromatic nitrogens is 2. The molecule has 2 nitrogen and oxygen atoms in total. The molecule has 0 saturated heterocycles. The van der Waals surface area contributed by atoms with Crippen LogP contribution in [-0.4, -0.2) is 15.3 Å². The number of nitrogens with zero attached hydrogens (tertiary/aromatic N) is 2. The lowest BCUT2D eigenvalue weighted by molar-refractivity contribution is 0.419. The van der Waals surface area contributed by atoms with E-state index in [-0.39, 0.29) is 5.41 Å². The van der Waals surface area contributed by atoms with E-state index in [0.29, 0.717) is 0 Å². The predicted octanol–water partition coefficient (Wildman–Crippen LogP) is 2.44. The van der Waals surface area contributed by atoms with E-state index in [9.17, 15) is 0 Å². The standard InChI is InChI=1S/C9H13BrN2/c1-9(2,7-10)5-8-6-11-3-4-12-8/h3-4,6H,5,7H2,1-2H3. The van der Waals surface area contributed by atoms with Crippen LogP contribution in [0.3, 0.4) is 0 Å². The van der Waals surface area contributed by atoms with Crippen LogP contribution in [0.2, 0.25) is 0 Å². The van der Waals surface area contributed by atoms with E-state index in [1.54, 1.807) is 12.4 Å². The highest BCUT2D eigenvalue weighted by atomic mass is 79.9. The fourth-order valence-electron chi connectivity index (χ4n) is 0.959. The van der Waals surface area contributed by atoms with Gasteiger partial charge in [-0.3, -0.25) is 9.97 Å². The summed E-state index contributed by atoms with van der Waals surface area (Å²) in [4.78, 5) is 8.25. The monoisotopic (exact) mass is 228 g/mol. The van der Waals surface area contributed by atoms with Gasteiger partial charge in [-0.25, -0.2) is 0 Å². The molecule has 0 spiro atoms. The van der Waals surface area contributed by atoms with Gasteiger partial charge in [-0.05, 0) is 11.8 Å². The minimum atomic E-state index is 0.260. The van der Waals surface area contributed by atoms with Crippen molar-refractivity contribution in [1.82, 2.24) is 9.97 Å². The Balaban J connectivity index is 2.64. The molecule has 1 heterocycles. The first-order valence-corrected chi connectivity index (χ1v) is 5.07. The Morgan fingerprint density at radius 2 is 2.17 bits per heavy atom. The molecule has 3 heteroatoms. The lowest BCUT2D eigenvalue weighted by atomic mass is 9.91. The Bertz CT molecular complexity index is 234. The molecular formula is C9H13BrN2. The summed E-state index contributed by atoms with van der Waals surface area (Å²) in [6.07, 6.45) is 6.22. The molecule has 0 aromatic carbocycles. The van der Waals surface area contributed by atoms with E-state index in [0.717, 1.165) is 17.4 Å². The molecule has 66 valence electrons. The fraction of sp³-hybridized carbons (Fsp3) is 0.556. The largest absolute Gasteiger partial charge is 0.261 e. The summed E-state index contributed by atoms with van der Waals surface area (Å²) in [7, 11) is 0. The van der Waals surface area contributed by atoms with Crippen molar-refractivity contribution in [3.05, 3.63) is 24.3 Å². The molecule has 0 unspecified atom stereocenters. The number of hydrogen-bond donors (Lipinski definition) is 0. The minimum absolute atomic E-state index is 0.260. The van der Waals surface area contributed by atoms with Gasteiger partial charge in [-0.2, -0.15) is 0 Å². The molecule has 0 radical (unpaired) electrons.